The molecule has 4 rings (SSSR count). The minimum atomic E-state index is 0.0145. The van der Waals surface area contributed by atoms with Gasteiger partial charge in [-0.25, -0.2) is 0 Å². The molecule has 29 heavy (non-hydrogen) atoms. The first-order chi connectivity index (χ1) is 14.2. The van der Waals surface area contributed by atoms with Gasteiger partial charge in [0.2, 0.25) is 5.91 Å². The van der Waals surface area contributed by atoms with E-state index in [1.165, 1.54) is 11.8 Å². The van der Waals surface area contributed by atoms with Crippen molar-refractivity contribution in [2.24, 2.45) is 0 Å². The van der Waals surface area contributed by atoms with Crippen LogP contribution in [0.15, 0.2) is 53.7 Å². The first-order valence-electron chi connectivity index (χ1n) is 9.35. The average Bonchev–Trinajstić information content (AvgIpc) is 3.47. The largest absolute Gasteiger partial charge is 0.493 e. The fourth-order valence-electron chi connectivity index (χ4n) is 2.96. The van der Waals surface area contributed by atoms with Crippen molar-refractivity contribution in [3.05, 3.63) is 48.5 Å². The van der Waals surface area contributed by atoms with E-state index in [9.17, 15) is 4.79 Å². The number of hydrogen-bond acceptors (Lipinski definition) is 6. The minimum Gasteiger partial charge on any atom is -0.493 e. The fourth-order valence-corrected chi connectivity index (χ4v) is 3.72. The summed E-state index contributed by atoms with van der Waals surface area (Å²) in [5.41, 5.74) is 1.76. The lowest BCUT2D eigenvalue weighted by atomic mass is 10.2. The molecule has 1 saturated carbocycles. The molecule has 3 aromatic rings. The van der Waals surface area contributed by atoms with Crippen LogP contribution in [0.5, 0.6) is 11.5 Å². The third-order valence-corrected chi connectivity index (χ3v) is 5.49. The van der Waals surface area contributed by atoms with Gasteiger partial charge in [-0.1, -0.05) is 42.1 Å². The van der Waals surface area contributed by atoms with Gasteiger partial charge in [0.1, 0.15) is 0 Å². The average molecular weight is 410 g/mol. The number of hydrogen-bond donors (Lipinski definition) is 1. The maximum Gasteiger partial charge on any atom is 0.230 e. The van der Waals surface area contributed by atoms with Gasteiger partial charge in [-0.05, 0) is 25.0 Å². The number of nitrogens with one attached hydrogen (secondary N) is 1. The first-order valence-corrected chi connectivity index (χ1v) is 10.3. The van der Waals surface area contributed by atoms with Gasteiger partial charge in [-0.3, -0.25) is 9.36 Å². The van der Waals surface area contributed by atoms with Gasteiger partial charge in [0.25, 0.3) is 0 Å². The van der Waals surface area contributed by atoms with Crippen molar-refractivity contribution < 1.29 is 14.3 Å². The predicted octanol–water partition coefficient (Wildman–Crippen LogP) is 3.32. The molecule has 0 saturated heterocycles. The van der Waals surface area contributed by atoms with Crippen LogP contribution in [-0.4, -0.2) is 46.7 Å². The fraction of sp³-hybridized carbons (Fsp3) is 0.286. The van der Waals surface area contributed by atoms with Crippen LogP contribution >= 0.6 is 11.8 Å². The Morgan fingerprint density at radius 3 is 2.55 bits per heavy atom. The van der Waals surface area contributed by atoms with Crippen molar-refractivity contribution in [3.63, 3.8) is 0 Å². The second-order valence-corrected chi connectivity index (χ2v) is 7.62. The van der Waals surface area contributed by atoms with Crippen molar-refractivity contribution in [3.8, 4) is 28.6 Å². The Balaban J connectivity index is 1.70. The quantitative estimate of drug-likeness (QED) is 0.574. The number of rotatable bonds is 8. The van der Waals surface area contributed by atoms with E-state index in [4.69, 9.17) is 9.47 Å². The van der Waals surface area contributed by atoms with E-state index in [0.29, 0.717) is 28.5 Å². The molecule has 0 spiro atoms. The van der Waals surface area contributed by atoms with Gasteiger partial charge >= 0.3 is 0 Å². The summed E-state index contributed by atoms with van der Waals surface area (Å²) in [6.45, 7) is 0. The molecule has 1 heterocycles. The Morgan fingerprint density at radius 2 is 1.86 bits per heavy atom. The number of carbonyl (C=O) groups excluding carboxylic acids is 1. The Bertz CT molecular complexity index is 1000. The van der Waals surface area contributed by atoms with Crippen molar-refractivity contribution in [1.29, 1.82) is 0 Å². The van der Waals surface area contributed by atoms with E-state index in [2.05, 4.69) is 15.5 Å². The molecule has 150 valence electrons. The molecule has 0 atom stereocenters. The highest BCUT2D eigenvalue weighted by atomic mass is 32.2. The van der Waals surface area contributed by atoms with Crippen LogP contribution in [0.4, 0.5) is 0 Å². The van der Waals surface area contributed by atoms with Crippen molar-refractivity contribution >= 4 is 17.7 Å². The van der Waals surface area contributed by atoms with Gasteiger partial charge in [0, 0.05) is 17.7 Å². The van der Waals surface area contributed by atoms with Crippen LogP contribution in [0, 0.1) is 0 Å². The van der Waals surface area contributed by atoms with Crippen molar-refractivity contribution in [2.45, 2.75) is 24.0 Å². The summed E-state index contributed by atoms with van der Waals surface area (Å²) in [7, 11) is 3.20. The monoisotopic (exact) mass is 410 g/mol. The molecule has 8 heteroatoms. The normalized spacial score (nSPS) is 13.2. The summed E-state index contributed by atoms with van der Waals surface area (Å²) in [6, 6.07) is 15.8. The molecule has 0 bridgehead atoms. The van der Waals surface area contributed by atoms with Gasteiger partial charge in [-0.2, -0.15) is 0 Å². The number of methoxy groups -OCH3 is 2. The highest BCUT2D eigenvalue weighted by Gasteiger charge is 2.24. The molecular formula is C21H22N4O3S. The molecular weight excluding hydrogens is 388 g/mol. The summed E-state index contributed by atoms with van der Waals surface area (Å²) >= 11 is 1.36. The highest BCUT2D eigenvalue weighted by molar-refractivity contribution is 7.99. The van der Waals surface area contributed by atoms with E-state index in [-0.39, 0.29) is 11.7 Å². The number of benzene rings is 2. The number of amides is 1. The standard InChI is InChI=1S/C21H22N4O3S/c1-27-17-11-10-16(12-18(17)28-2)25-20(14-6-4-3-5-7-14)23-24-21(25)29-13-19(26)22-15-8-9-15/h3-7,10-12,15H,8-9,13H2,1-2H3,(H,22,26). The Kier molecular flexibility index (Phi) is 5.71. The van der Waals surface area contributed by atoms with Crippen LogP contribution in [0.3, 0.4) is 0 Å². The lowest BCUT2D eigenvalue weighted by Crippen LogP contribution is -2.27. The van der Waals surface area contributed by atoms with Gasteiger partial charge in [0.15, 0.2) is 22.5 Å². The Hall–Kier alpha value is -3.00. The van der Waals surface area contributed by atoms with Gasteiger partial charge in [0.05, 0.1) is 25.7 Å². The summed E-state index contributed by atoms with van der Waals surface area (Å²) < 4.78 is 12.7. The van der Waals surface area contributed by atoms with E-state index in [1.54, 1.807) is 14.2 Å². The highest BCUT2D eigenvalue weighted by Crippen LogP contribution is 2.33. The van der Waals surface area contributed by atoms with Gasteiger partial charge in [-0.15, -0.1) is 10.2 Å². The maximum atomic E-state index is 12.1. The summed E-state index contributed by atoms with van der Waals surface area (Å²) in [5, 5.41) is 12.4. The lowest BCUT2D eigenvalue weighted by molar-refractivity contribution is -0.118. The molecule has 1 amide bonds. The number of carbonyl (C=O) groups is 1. The number of ether oxygens (including phenoxy) is 2. The van der Waals surface area contributed by atoms with Gasteiger partial charge < -0.3 is 14.8 Å². The van der Waals surface area contributed by atoms with E-state index < -0.39 is 0 Å². The molecule has 0 radical (unpaired) electrons. The molecule has 1 aliphatic carbocycles. The number of nitrogens with zero attached hydrogens (tertiary/aromatic N) is 3. The molecule has 1 aromatic heterocycles. The molecule has 1 fully saturated rings. The lowest BCUT2D eigenvalue weighted by Gasteiger charge is -2.13. The predicted molar refractivity (Wildman–Crippen MR) is 112 cm³/mol. The van der Waals surface area contributed by atoms with Crippen LogP contribution in [0.1, 0.15) is 12.8 Å². The minimum absolute atomic E-state index is 0.0145. The zero-order chi connectivity index (χ0) is 20.2. The second-order valence-electron chi connectivity index (χ2n) is 6.68. The van der Waals surface area contributed by atoms with Crippen LogP contribution in [0.2, 0.25) is 0 Å². The zero-order valence-corrected chi connectivity index (χ0v) is 17.1. The zero-order valence-electron chi connectivity index (χ0n) is 16.3. The van der Waals surface area contributed by atoms with Crippen molar-refractivity contribution in [2.75, 3.05) is 20.0 Å². The Morgan fingerprint density at radius 1 is 1.10 bits per heavy atom. The second kappa shape index (κ2) is 8.57. The summed E-state index contributed by atoms with van der Waals surface area (Å²) in [4.78, 5) is 12.1. The van der Waals surface area contributed by atoms with Crippen molar-refractivity contribution in [1.82, 2.24) is 20.1 Å². The first kappa shape index (κ1) is 19.3. The number of thioether (sulfide) groups is 1. The summed E-state index contributed by atoms with van der Waals surface area (Å²) in [6.07, 6.45) is 2.13. The molecule has 0 unspecified atom stereocenters. The van der Waals surface area contributed by atoms with Crippen LogP contribution < -0.4 is 14.8 Å². The number of aromatic nitrogens is 3. The third kappa shape index (κ3) is 4.37. The van der Waals surface area contributed by atoms with Crippen LogP contribution in [0.25, 0.3) is 17.1 Å². The molecule has 1 aliphatic rings. The smallest absolute Gasteiger partial charge is 0.230 e. The third-order valence-electron chi connectivity index (χ3n) is 4.57. The topological polar surface area (TPSA) is 78.3 Å². The van der Waals surface area contributed by atoms with E-state index >= 15 is 0 Å². The molecule has 2 aromatic carbocycles. The molecule has 1 N–H and O–H groups in total. The SMILES string of the molecule is COc1ccc(-n2c(SCC(=O)NC3CC3)nnc2-c2ccccc2)cc1OC. The maximum absolute atomic E-state index is 12.1. The van der Waals surface area contributed by atoms with Crippen LogP contribution in [-0.2, 0) is 4.79 Å². The van der Waals surface area contributed by atoms with E-state index in [1.807, 2.05) is 53.1 Å². The molecule has 7 nitrogen and oxygen atoms in total. The molecule has 0 aliphatic heterocycles. The summed E-state index contributed by atoms with van der Waals surface area (Å²) in [5.74, 6) is 2.25. The Labute approximate surface area is 173 Å². The van der Waals surface area contributed by atoms with E-state index in [0.717, 1.165) is 24.1 Å².